The quantitative estimate of drug-likeness (QED) is 0.833. The molecule has 0 heterocycles. The predicted molar refractivity (Wildman–Crippen MR) is 65.0 cm³/mol. The molecule has 1 aliphatic carbocycles. The highest BCUT2D eigenvalue weighted by atomic mass is 19.1. The summed E-state index contributed by atoms with van der Waals surface area (Å²) < 4.78 is 12.8. The molecule has 1 saturated carbocycles. The molecule has 0 spiro atoms. The van der Waals surface area contributed by atoms with Crippen LogP contribution in [-0.4, -0.2) is 19.1 Å². The number of hydrogen-bond donors (Lipinski definition) is 1. The molecule has 3 heteroatoms. The monoisotopic (exact) mass is 222 g/mol. The minimum absolute atomic E-state index is 0.183. The van der Waals surface area contributed by atoms with Crippen LogP contribution in [0.2, 0.25) is 0 Å². The first-order valence-corrected chi connectivity index (χ1v) is 5.91. The molecule has 2 atom stereocenters. The molecular formula is C13H19FN2. The van der Waals surface area contributed by atoms with Gasteiger partial charge in [-0.05, 0) is 49.9 Å². The van der Waals surface area contributed by atoms with E-state index in [9.17, 15) is 4.39 Å². The Morgan fingerprint density at radius 1 is 1.25 bits per heavy atom. The Balaban J connectivity index is 2.06. The van der Waals surface area contributed by atoms with Crippen LogP contribution in [0, 0.1) is 5.82 Å². The second kappa shape index (κ2) is 4.83. The van der Waals surface area contributed by atoms with Gasteiger partial charge in [0.2, 0.25) is 0 Å². The van der Waals surface area contributed by atoms with Gasteiger partial charge in [0.1, 0.15) is 5.82 Å². The van der Waals surface area contributed by atoms with Gasteiger partial charge >= 0.3 is 0 Å². The minimum Gasteiger partial charge on any atom is -0.372 e. The highest BCUT2D eigenvalue weighted by Gasteiger charge is 2.22. The lowest BCUT2D eigenvalue weighted by molar-refractivity contribution is 0.382. The molecule has 2 unspecified atom stereocenters. The first-order valence-electron chi connectivity index (χ1n) is 5.91. The van der Waals surface area contributed by atoms with E-state index in [1.54, 1.807) is 0 Å². The summed E-state index contributed by atoms with van der Waals surface area (Å²) >= 11 is 0. The summed E-state index contributed by atoms with van der Waals surface area (Å²) in [6.45, 7) is 0. The van der Waals surface area contributed by atoms with E-state index in [4.69, 9.17) is 5.73 Å². The van der Waals surface area contributed by atoms with Crippen LogP contribution in [0.5, 0.6) is 0 Å². The summed E-state index contributed by atoms with van der Waals surface area (Å²) in [5, 5.41) is 0. The molecule has 0 aliphatic heterocycles. The van der Waals surface area contributed by atoms with E-state index >= 15 is 0 Å². The van der Waals surface area contributed by atoms with Gasteiger partial charge in [-0.3, -0.25) is 0 Å². The average Bonchev–Trinajstić information content (AvgIpc) is 2.29. The molecule has 2 N–H and O–H groups in total. The van der Waals surface area contributed by atoms with E-state index < -0.39 is 0 Å². The second-order valence-electron chi connectivity index (χ2n) is 4.67. The number of benzene rings is 1. The van der Waals surface area contributed by atoms with Crippen molar-refractivity contribution in [1.29, 1.82) is 0 Å². The summed E-state index contributed by atoms with van der Waals surface area (Å²) in [4.78, 5) is 2.22. The minimum atomic E-state index is -0.183. The molecule has 1 aromatic rings. The van der Waals surface area contributed by atoms with E-state index in [2.05, 4.69) is 11.9 Å². The lowest BCUT2D eigenvalue weighted by Crippen LogP contribution is -2.40. The fourth-order valence-electron chi connectivity index (χ4n) is 2.44. The van der Waals surface area contributed by atoms with Crippen LogP contribution in [0.1, 0.15) is 25.7 Å². The normalized spacial score (nSPS) is 25.4. The first-order chi connectivity index (χ1) is 7.66. The van der Waals surface area contributed by atoms with E-state index in [0.717, 1.165) is 18.5 Å². The van der Waals surface area contributed by atoms with E-state index in [-0.39, 0.29) is 5.82 Å². The van der Waals surface area contributed by atoms with Crippen molar-refractivity contribution >= 4 is 5.69 Å². The summed E-state index contributed by atoms with van der Waals surface area (Å²) in [5.74, 6) is -0.183. The van der Waals surface area contributed by atoms with Gasteiger partial charge in [0.05, 0.1) is 0 Å². The Hall–Kier alpha value is -1.09. The standard InChI is InChI=1S/C13H19FN2/c1-16(12-7-5-10(14)6-8-12)13-4-2-3-11(15)9-13/h5-8,11,13H,2-4,9,15H2,1H3. The lowest BCUT2D eigenvalue weighted by atomic mass is 9.90. The highest BCUT2D eigenvalue weighted by molar-refractivity contribution is 5.46. The van der Waals surface area contributed by atoms with Crippen LogP contribution in [-0.2, 0) is 0 Å². The van der Waals surface area contributed by atoms with Crippen molar-refractivity contribution in [3.8, 4) is 0 Å². The van der Waals surface area contributed by atoms with Gasteiger partial charge in [0.15, 0.2) is 0 Å². The average molecular weight is 222 g/mol. The maximum Gasteiger partial charge on any atom is 0.123 e. The number of hydrogen-bond acceptors (Lipinski definition) is 2. The van der Waals surface area contributed by atoms with Gasteiger partial charge in [-0.25, -0.2) is 4.39 Å². The maximum atomic E-state index is 12.8. The molecule has 0 radical (unpaired) electrons. The fourth-order valence-corrected chi connectivity index (χ4v) is 2.44. The number of rotatable bonds is 2. The topological polar surface area (TPSA) is 29.3 Å². The zero-order chi connectivity index (χ0) is 11.5. The van der Waals surface area contributed by atoms with E-state index in [1.807, 2.05) is 12.1 Å². The first kappa shape index (κ1) is 11.4. The van der Waals surface area contributed by atoms with Crippen LogP contribution in [0.4, 0.5) is 10.1 Å². The third-order valence-corrected chi connectivity index (χ3v) is 3.47. The van der Waals surface area contributed by atoms with Gasteiger partial charge in [-0.2, -0.15) is 0 Å². The van der Waals surface area contributed by atoms with Gasteiger partial charge in [0, 0.05) is 24.8 Å². The van der Waals surface area contributed by atoms with Crippen LogP contribution < -0.4 is 10.6 Å². The predicted octanol–water partition coefficient (Wildman–Crippen LogP) is 2.53. The van der Waals surface area contributed by atoms with Crippen molar-refractivity contribution in [3.05, 3.63) is 30.1 Å². The van der Waals surface area contributed by atoms with Gasteiger partial charge in [-0.1, -0.05) is 0 Å². The largest absolute Gasteiger partial charge is 0.372 e. The van der Waals surface area contributed by atoms with Crippen LogP contribution in [0.3, 0.4) is 0 Å². The molecule has 1 fully saturated rings. The molecule has 0 amide bonds. The van der Waals surface area contributed by atoms with Crippen LogP contribution in [0.15, 0.2) is 24.3 Å². The fraction of sp³-hybridized carbons (Fsp3) is 0.538. The smallest absolute Gasteiger partial charge is 0.123 e. The number of nitrogens with zero attached hydrogens (tertiary/aromatic N) is 1. The number of nitrogens with two attached hydrogens (primary N) is 1. The van der Waals surface area contributed by atoms with E-state index in [1.165, 1.54) is 25.0 Å². The van der Waals surface area contributed by atoms with Crippen molar-refractivity contribution in [2.75, 3.05) is 11.9 Å². The van der Waals surface area contributed by atoms with Gasteiger partial charge in [0.25, 0.3) is 0 Å². The molecule has 1 aliphatic rings. The molecule has 0 bridgehead atoms. The van der Waals surface area contributed by atoms with Crippen molar-refractivity contribution < 1.29 is 4.39 Å². The zero-order valence-corrected chi connectivity index (χ0v) is 9.70. The molecule has 88 valence electrons. The number of halogens is 1. The van der Waals surface area contributed by atoms with Crippen molar-refractivity contribution in [1.82, 2.24) is 0 Å². The maximum absolute atomic E-state index is 12.8. The summed E-state index contributed by atoms with van der Waals surface area (Å²) in [5.41, 5.74) is 7.05. The molecular weight excluding hydrogens is 203 g/mol. The van der Waals surface area contributed by atoms with Crippen LogP contribution in [0.25, 0.3) is 0 Å². The number of anilines is 1. The Kier molecular flexibility index (Phi) is 3.44. The third kappa shape index (κ3) is 2.53. The van der Waals surface area contributed by atoms with Crippen molar-refractivity contribution in [2.45, 2.75) is 37.8 Å². The summed E-state index contributed by atoms with van der Waals surface area (Å²) in [6.07, 6.45) is 4.54. The van der Waals surface area contributed by atoms with Crippen molar-refractivity contribution in [2.24, 2.45) is 5.73 Å². The summed E-state index contributed by atoms with van der Waals surface area (Å²) in [7, 11) is 2.07. The molecule has 1 aromatic carbocycles. The Morgan fingerprint density at radius 2 is 1.94 bits per heavy atom. The highest BCUT2D eigenvalue weighted by Crippen LogP contribution is 2.25. The Morgan fingerprint density at radius 3 is 2.56 bits per heavy atom. The molecule has 2 nitrogen and oxygen atoms in total. The molecule has 0 saturated heterocycles. The van der Waals surface area contributed by atoms with Crippen molar-refractivity contribution in [3.63, 3.8) is 0 Å². The van der Waals surface area contributed by atoms with Gasteiger partial charge < -0.3 is 10.6 Å². The Bertz CT molecular complexity index is 336. The SMILES string of the molecule is CN(c1ccc(F)cc1)C1CCCC(N)C1. The van der Waals surface area contributed by atoms with Gasteiger partial charge in [-0.15, -0.1) is 0 Å². The second-order valence-corrected chi connectivity index (χ2v) is 4.67. The zero-order valence-electron chi connectivity index (χ0n) is 9.70. The Labute approximate surface area is 96.2 Å². The molecule has 16 heavy (non-hydrogen) atoms. The van der Waals surface area contributed by atoms with E-state index in [0.29, 0.717) is 12.1 Å². The lowest BCUT2D eigenvalue weighted by Gasteiger charge is -2.35. The molecule has 2 rings (SSSR count). The molecule has 0 aromatic heterocycles. The van der Waals surface area contributed by atoms with Crippen LogP contribution >= 0.6 is 0 Å². The third-order valence-electron chi connectivity index (χ3n) is 3.47. The summed E-state index contributed by atoms with van der Waals surface area (Å²) in [6, 6.07) is 7.49.